The number of aromatic hydroxyl groups is 1. The zero-order valence-corrected chi connectivity index (χ0v) is 9.34. The Kier molecular flexibility index (Phi) is 2.53. The second-order valence-electron chi connectivity index (χ2n) is 2.84. The molecule has 0 radical (unpaired) electrons. The fraction of sp³-hybridized carbons (Fsp3) is 0. The summed E-state index contributed by atoms with van der Waals surface area (Å²) in [6.07, 6.45) is 0. The Morgan fingerprint density at radius 2 is 2.00 bits per heavy atom. The Morgan fingerprint density at radius 1 is 1.29 bits per heavy atom. The van der Waals surface area contributed by atoms with E-state index in [2.05, 4.69) is 15.9 Å². The first-order valence-corrected chi connectivity index (χ1v) is 5.53. The summed E-state index contributed by atoms with van der Waals surface area (Å²) in [7, 11) is -1.64. The quantitative estimate of drug-likeness (QED) is 0.680. The first kappa shape index (κ1) is 9.98. The van der Waals surface area contributed by atoms with Crippen molar-refractivity contribution in [1.29, 1.82) is 0 Å². The SMILES string of the molecule is OB(O)c1ccc2c(Br)csc2c1O. The Bertz CT molecular complexity index is 483. The van der Waals surface area contributed by atoms with Crippen LogP contribution in [0.4, 0.5) is 0 Å². The van der Waals surface area contributed by atoms with Crippen LogP contribution < -0.4 is 5.46 Å². The number of benzene rings is 1. The molecule has 6 heteroatoms. The van der Waals surface area contributed by atoms with Crippen molar-refractivity contribution in [3.05, 3.63) is 22.0 Å². The lowest BCUT2D eigenvalue weighted by atomic mass is 9.79. The molecular formula is C8H6BBrO3S. The van der Waals surface area contributed by atoms with Gasteiger partial charge in [-0.2, -0.15) is 0 Å². The van der Waals surface area contributed by atoms with E-state index in [1.54, 1.807) is 6.07 Å². The molecule has 0 amide bonds. The Morgan fingerprint density at radius 3 is 2.64 bits per heavy atom. The average Bonchev–Trinajstić information content (AvgIpc) is 2.49. The van der Waals surface area contributed by atoms with Crippen molar-refractivity contribution in [2.24, 2.45) is 0 Å². The van der Waals surface area contributed by atoms with Gasteiger partial charge in [0.1, 0.15) is 5.75 Å². The van der Waals surface area contributed by atoms with E-state index in [9.17, 15) is 5.11 Å². The van der Waals surface area contributed by atoms with Gasteiger partial charge in [0.15, 0.2) is 0 Å². The van der Waals surface area contributed by atoms with Gasteiger partial charge in [-0.3, -0.25) is 0 Å². The number of phenolic OH excluding ortho intramolecular Hbond substituents is 1. The molecule has 0 aliphatic rings. The van der Waals surface area contributed by atoms with E-state index in [-0.39, 0.29) is 11.2 Å². The molecule has 14 heavy (non-hydrogen) atoms. The Balaban J connectivity index is 2.76. The number of phenols is 1. The van der Waals surface area contributed by atoms with Crippen molar-refractivity contribution in [3.8, 4) is 5.75 Å². The van der Waals surface area contributed by atoms with Gasteiger partial charge in [-0.1, -0.05) is 12.1 Å². The zero-order valence-electron chi connectivity index (χ0n) is 6.94. The fourth-order valence-corrected chi connectivity index (χ4v) is 2.90. The van der Waals surface area contributed by atoms with Crippen molar-refractivity contribution in [2.45, 2.75) is 0 Å². The molecule has 0 aliphatic carbocycles. The molecule has 0 bridgehead atoms. The highest BCUT2D eigenvalue weighted by molar-refractivity contribution is 9.10. The van der Waals surface area contributed by atoms with Gasteiger partial charge < -0.3 is 15.2 Å². The predicted molar refractivity (Wildman–Crippen MR) is 61.0 cm³/mol. The first-order chi connectivity index (χ1) is 6.61. The van der Waals surface area contributed by atoms with Crippen LogP contribution in [0.15, 0.2) is 22.0 Å². The predicted octanol–water partition coefficient (Wildman–Crippen LogP) is 1.05. The molecule has 1 aromatic carbocycles. The van der Waals surface area contributed by atoms with Gasteiger partial charge in [0.2, 0.25) is 0 Å². The van der Waals surface area contributed by atoms with Gasteiger partial charge in [0.05, 0.1) is 4.70 Å². The van der Waals surface area contributed by atoms with Crippen molar-refractivity contribution in [2.75, 3.05) is 0 Å². The monoisotopic (exact) mass is 272 g/mol. The number of halogens is 1. The van der Waals surface area contributed by atoms with Crippen LogP contribution in [-0.2, 0) is 0 Å². The lowest BCUT2D eigenvalue weighted by Gasteiger charge is -2.03. The van der Waals surface area contributed by atoms with E-state index in [0.717, 1.165) is 9.86 Å². The number of hydrogen-bond donors (Lipinski definition) is 3. The lowest BCUT2D eigenvalue weighted by molar-refractivity contribution is 0.420. The minimum Gasteiger partial charge on any atom is -0.507 e. The molecule has 1 heterocycles. The smallest absolute Gasteiger partial charge is 0.492 e. The van der Waals surface area contributed by atoms with Gasteiger partial charge in [0, 0.05) is 20.7 Å². The van der Waals surface area contributed by atoms with Crippen LogP contribution in [0.1, 0.15) is 0 Å². The molecule has 0 fully saturated rings. The van der Waals surface area contributed by atoms with Crippen molar-refractivity contribution in [1.82, 2.24) is 0 Å². The molecule has 1 aromatic heterocycles. The molecule has 2 aromatic rings. The molecule has 0 saturated carbocycles. The number of fused-ring (bicyclic) bond motifs is 1. The molecule has 0 atom stereocenters. The molecule has 2 rings (SSSR count). The zero-order chi connectivity index (χ0) is 10.3. The topological polar surface area (TPSA) is 60.7 Å². The molecule has 72 valence electrons. The summed E-state index contributed by atoms with van der Waals surface area (Å²) in [6, 6.07) is 3.24. The summed E-state index contributed by atoms with van der Waals surface area (Å²) in [5.74, 6) is -0.0619. The molecule has 3 N–H and O–H groups in total. The van der Waals surface area contributed by atoms with Crippen LogP contribution in [0.2, 0.25) is 0 Å². The van der Waals surface area contributed by atoms with Crippen molar-refractivity contribution < 1.29 is 15.2 Å². The second-order valence-corrected chi connectivity index (χ2v) is 4.57. The highest BCUT2D eigenvalue weighted by atomic mass is 79.9. The van der Waals surface area contributed by atoms with Crippen LogP contribution >= 0.6 is 27.3 Å². The standard InChI is InChI=1S/C8H6BBrO3S/c10-6-3-14-8-4(6)1-2-5(7(8)11)9(12)13/h1-3,11-13H. The van der Waals surface area contributed by atoms with Crippen LogP contribution in [0.3, 0.4) is 0 Å². The average molecular weight is 273 g/mol. The first-order valence-electron chi connectivity index (χ1n) is 3.86. The summed E-state index contributed by atoms with van der Waals surface area (Å²) in [5.41, 5.74) is 0.131. The third-order valence-electron chi connectivity index (χ3n) is 1.98. The van der Waals surface area contributed by atoms with E-state index < -0.39 is 7.12 Å². The molecule has 0 aliphatic heterocycles. The van der Waals surface area contributed by atoms with E-state index in [1.165, 1.54) is 17.4 Å². The van der Waals surface area contributed by atoms with Gasteiger partial charge in [0.25, 0.3) is 0 Å². The minimum absolute atomic E-state index is 0.0619. The summed E-state index contributed by atoms with van der Waals surface area (Å²) in [5, 5.41) is 30.3. The molecule has 0 saturated heterocycles. The molecule has 0 unspecified atom stereocenters. The van der Waals surface area contributed by atoms with E-state index in [0.29, 0.717) is 4.70 Å². The third-order valence-corrected chi connectivity index (χ3v) is 3.94. The summed E-state index contributed by atoms with van der Waals surface area (Å²) < 4.78 is 1.55. The van der Waals surface area contributed by atoms with Gasteiger partial charge in [-0.05, 0) is 15.9 Å². The van der Waals surface area contributed by atoms with Crippen LogP contribution in [0.5, 0.6) is 5.75 Å². The summed E-state index contributed by atoms with van der Waals surface area (Å²) in [6.45, 7) is 0. The van der Waals surface area contributed by atoms with Crippen LogP contribution in [0.25, 0.3) is 10.1 Å². The largest absolute Gasteiger partial charge is 0.507 e. The van der Waals surface area contributed by atoms with Gasteiger partial charge >= 0.3 is 7.12 Å². The van der Waals surface area contributed by atoms with Gasteiger partial charge in [-0.25, -0.2) is 0 Å². The van der Waals surface area contributed by atoms with Crippen molar-refractivity contribution >= 4 is 49.9 Å². The lowest BCUT2D eigenvalue weighted by Crippen LogP contribution is -2.29. The third kappa shape index (κ3) is 1.44. The van der Waals surface area contributed by atoms with Crippen molar-refractivity contribution in [3.63, 3.8) is 0 Å². The number of hydrogen-bond acceptors (Lipinski definition) is 4. The maximum absolute atomic E-state index is 9.70. The normalized spacial score (nSPS) is 10.8. The second kappa shape index (κ2) is 3.54. The van der Waals surface area contributed by atoms with E-state index in [1.807, 2.05) is 5.38 Å². The molecular weight excluding hydrogens is 267 g/mol. The Labute approximate surface area is 92.9 Å². The van der Waals surface area contributed by atoms with E-state index >= 15 is 0 Å². The molecule has 0 spiro atoms. The fourth-order valence-electron chi connectivity index (χ4n) is 1.28. The summed E-state index contributed by atoms with van der Waals surface area (Å²) >= 11 is 4.69. The number of rotatable bonds is 1. The van der Waals surface area contributed by atoms with Crippen LogP contribution in [0, 0.1) is 0 Å². The minimum atomic E-state index is -1.64. The highest BCUT2D eigenvalue weighted by Gasteiger charge is 2.19. The Hall–Kier alpha value is -0.555. The van der Waals surface area contributed by atoms with Gasteiger partial charge in [-0.15, -0.1) is 11.3 Å². The summed E-state index contributed by atoms with van der Waals surface area (Å²) in [4.78, 5) is 0. The van der Waals surface area contributed by atoms with E-state index in [4.69, 9.17) is 10.0 Å². The maximum atomic E-state index is 9.70. The highest BCUT2D eigenvalue weighted by Crippen LogP contribution is 2.34. The maximum Gasteiger partial charge on any atom is 0.492 e. The number of thiophene rings is 1. The molecule has 3 nitrogen and oxygen atoms in total. The van der Waals surface area contributed by atoms with Crippen LogP contribution in [-0.4, -0.2) is 22.3 Å².